The molecule has 7 heteroatoms. The minimum atomic E-state index is -0.238. The van der Waals surface area contributed by atoms with Crippen molar-refractivity contribution in [2.45, 2.75) is 6.92 Å². The van der Waals surface area contributed by atoms with Gasteiger partial charge in [-0.15, -0.1) is 0 Å². The topological polar surface area (TPSA) is 66.9 Å². The van der Waals surface area contributed by atoms with E-state index in [-0.39, 0.29) is 5.91 Å². The van der Waals surface area contributed by atoms with Crippen LogP contribution in [0.1, 0.15) is 17.3 Å². The van der Waals surface area contributed by atoms with Crippen molar-refractivity contribution >= 4 is 17.4 Å². The lowest BCUT2D eigenvalue weighted by molar-refractivity contribution is 0.102. The van der Waals surface area contributed by atoms with Gasteiger partial charge < -0.3 is 24.6 Å². The lowest BCUT2D eigenvalue weighted by Crippen LogP contribution is -2.46. The Hall–Kier alpha value is -2.80. The molecule has 1 aromatic carbocycles. The molecule has 1 aliphatic heterocycles. The Balaban J connectivity index is 1.65. The third kappa shape index (κ3) is 4.68. The third-order valence-corrected chi connectivity index (χ3v) is 4.76. The molecule has 0 radical (unpaired) electrons. The van der Waals surface area contributed by atoms with Crippen molar-refractivity contribution in [3.05, 3.63) is 42.1 Å². The van der Waals surface area contributed by atoms with Gasteiger partial charge in [0.05, 0.1) is 26.1 Å². The first-order valence-corrected chi connectivity index (χ1v) is 9.10. The Labute approximate surface area is 159 Å². The maximum atomic E-state index is 12.5. The van der Waals surface area contributed by atoms with Gasteiger partial charge in [-0.1, -0.05) is 6.92 Å². The van der Waals surface area contributed by atoms with Crippen LogP contribution in [0.3, 0.4) is 0 Å². The summed E-state index contributed by atoms with van der Waals surface area (Å²) in [5, 5.41) is 2.87. The molecular formula is C20H26N4O3. The third-order valence-electron chi connectivity index (χ3n) is 4.76. The van der Waals surface area contributed by atoms with Gasteiger partial charge in [0.15, 0.2) is 0 Å². The number of carbonyl (C=O) groups excluding carboxylic acids is 1. The molecule has 0 bridgehead atoms. The number of ether oxygens (including phenoxy) is 2. The van der Waals surface area contributed by atoms with Crippen molar-refractivity contribution in [1.29, 1.82) is 0 Å². The standard InChI is InChI=1S/C20H26N4O3/c1-4-23-7-9-24(10-8-23)19-6-5-16(14-21-19)22-20(25)15-11-17(26-2)13-18(12-15)27-3/h5-6,11-14H,4,7-10H2,1-3H3,(H,22,25). The normalized spacial score (nSPS) is 14.7. The van der Waals surface area contributed by atoms with Gasteiger partial charge in [0.1, 0.15) is 17.3 Å². The number of nitrogens with zero attached hydrogens (tertiary/aromatic N) is 3. The maximum Gasteiger partial charge on any atom is 0.255 e. The number of rotatable bonds is 6. The second-order valence-electron chi connectivity index (χ2n) is 6.38. The number of pyridine rings is 1. The second kappa shape index (κ2) is 8.73. The van der Waals surface area contributed by atoms with Crippen LogP contribution in [-0.2, 0) is 0 Å². The van der Waals surface area contributed by atoms with Gasteiger partial charge in [-0.05, 0) is 30.8 Å². The van der Waals surface area contributed by atoms with Crippen molar-refractivity contribution in [3.63, 3.8) is 0 Å². The summed E-state index contributed by atoms with van der Waals surface area (Å²) in [6, 6.07) is 8.90. The van der Waals surface area contributed by atoms with Crippen molar-refractivity contribution in [2.24, 2.45) is 0 Å². The SMILES string of the molecule is CCN1CCN(c2ccc(NC(=O)c3cc(OC)cc(OC)c3)cn2)CC1. The Bertz CT molecular complexity index is 749. The highest BCUT2D eigenvalue weighted by atomic mass is 16.5. The van der Waals surface area contributed by atoms with E-state index < -0.39 is 0 Å². The zero-order chi connectivity index (χ0) is 19.2. The van der Waals surface area contributed by atoms with E-state index in [1.807, 2.05) is 12.1 Å². The molecule has 0 aliphatic carbocycles. The lowest BCUT2D eigenvalue weighted by atomic mass is 10.2. The number of methoxy groups -OCH3 is 2. The molecule has 7 nitrogen and oxygen atoms in total. The van der Waals surface area contributed by atoms with Crippen LogP contribution in [0.4, 0.5) is 11.5 Å². The predicted molar refractivity (Wildman–Crippen MR) is 106 cm³/mol. The molecule has 0 unspecified atom stereocenters. The molecule has 0 atom stereocenters. The molecule has 0 saturated carbocycles. The molecule has 2 heterocycles. The van der Waals surface area contributed by atoms with Gasteiger partial charge in [0, 0.05) is 37.8 Å². The minimum absolute atomic E-state index is 0.238. The number of hydrogen-bond acceptors (Lipinski definition) is 6. The van der Waals surface area contributed by atoms with Crippen LogP contribution in [0.5, 0.6) is 11.5 Å². The van der Waals surface area contributed by atoms with Gasteiger partial charge >= 0.3 is 0 Å². The lowest BCUT2D eigenvalue weighted by Gasteiger charge is -2.34. The molecule has 27 heavy (non-hydrogen) atoms. The van der Waals surface area contributed by atoms with Crippen LogP contribution < -0.4 is 19.7 Å². The van der Waals surface area contributed by atoms with Crippen molar-refractivity contribution in [2.75, 3.05) is 57.2 Å². The summed E-state index contributed by atoms with van der Waals surface area (Å²) in [4.78, 5) is 21.7. The van der Waals surface area contributed by atoms with Crippen molar-refractivity contribution in [1.82, 2.24) is 9.88 Å². The average molecular weight is 370 g/mol. The summed E-state index contributed by atoms with van der Waals surface area (Å²) >= 11 is 0. The number of nitrogens with one attached hydrogen (secondary N) is 1. The van der Waals surface area contributed by atoms with Crippen LogP contribution in [0, 0.1) is 0 Å². The number of anilines is 2. The van der Waals surface area contributed by atoms with Crippen LogP contribution in [0.2, 0.25) is 0 Å². The number of amides is 1. The summed E-state index contributed by atoms with van der Waals surface area (Å²) in [7, 11) is 3.11. The summed E-state index contributed by atoms with van der Waals surface area (Å²) in [5.74, 6) is 1.84. The van der Waals surface area contributed by atoms with Gasteiger partial charge in [0.2, 0.25) is 0 Å². The van der Waals surface area contributed by atoms with Crippen LogP contribution in [0.25, 0.3) is 0 Å². The molecule has 1 N–H and O–H groups in total. The van der Waals surface area contributed by atoms with E-state index in [2.05, 4.69) is 27.0 Å². The largest absolute Gasteiger partial charge is 0.497 e. The second-order valence-corrected chi connectivity index (χ2v) is 6.38. The molecule has 1 fully saturated rings. The summed E-state index contributed by atoms with van der Waals surface area (Å²) < 4.78 is 10.4. The fourth-order valence-electron chi connectivity index (χ4n) is 3.08. The van der Waals surface area contributed by atoms with Crippen molar-refractivity contribution in [3.8, 4) is 11.5 Å². The van der Waals surface area contributed by atoms with E-state index in [0.29, 0.717) is 22.7 Å². The monoisotopic (exact) mass is 370 g/mol. The molecule has 1 aliphatic rings. The first kappa shape index (κ1) is 19.0. The number of hydrogen-bond donors (Lipinski definition) is 1. The van der Waals surface area contributed by atoms with Crippen LogP contribution in [0.15, 0.2) is 36.5 Å². The zero-order valence-electron chi connectivity index (χ0n) is 16.1. The van der Waals surface area contributed by atoms with Gasteiger partial charge in [-0.25, -0.2) is 4.98 Å². The molecule has 3 rings (SSSR count). The van der Waals surface area contributed by atoms with Crippen LogP contribution in [-0.4, -0.2) is 62.7 Å². The maximum absolute atomic E-state index is 12.5. The average Bonchev–Trinajstić information content (AvgIpc) is 2.74. The summed E-state index contributed by atoms with van der Waals surface area (Å²) in [5.41, 5.74) is 1.11. The Morgan fingerprint density at radius 1 is 1.07 bits per heavy atom. The highest BCUT2D eigenvalue weighted by Crippen LogP contribution is 2.23. The first-order chi connectivity index (χ1) is 13.1. The first-order valence-electron chi connectivity index (χ1n) is 9.10. The van der Waals surface area contributed by atoms with E-state index in [1.54, 1.807) is 38.6 Å². The predicted octanol–water partition coefficient (Wildman–Crippen LogP) is 2.49. The highest BCUT2D eigenvalue weighted by molar-refractivity contribution is 6.04. The number of likely N-dealkylation sites (N-methyl/N-ethyl adjacent to an activating group) is 1. The smallest absolute Gasteiger partial charge is 0.255 e. The Morgan fingerprint density at radius 3 is 2.26 bits per heavy atom. The number of carbonyl (C=O) groups is 1. The molecular weight excluding hydrogens is 344 g/mol. The Morgan fingerprint density at radius 2 is 1.74 bits per heavy atom. The molecule has 1 aromatic heterocycles. The fourth-order valence-corrected chi connectivity index (χ4v) is 3.08. The minimum Gasteiger partial charge on any atom is -0.497 e. The summed E-state index contributed by atoms with van der Waals surface area (Å²) in [6.45, 7) is 7.31. The van der Waals surface area contributed by atoms with Crippen molar-refractivity contribution < 1.29 is 14.3 Å². The number of piperazine rings is 1. The quantitative estimate of drug-likeness (QED) is 0.843. The zero-order valence-corrected chi connectivity index (χ0v) is 16.1. The molecule has 144 valence electrons. The van der Waals surface area contributed by atoms with Gasteiger partial charge in [0.25, 0.3) is 5.91 Å². The molecule has 1 saturated heterocycles. The van der Waals surface area contributed by atoms with Gasteiger partial charge in [-0.3, -0.25) is 4.79 Å². The fraction of sp³-hybridized carbons (Fsp3) is 0.400. The molecule has 2 aromatic rings. The number of benzene rings is 1. The van der Waals surface area contributed by atoms with E-state index in [1.165, 1.54) is 0 Å². The highest BCUT2D eigenvalue weighted by Gasteiger charge is 2.17. The molecule has 1 amide bonds. The van der Waals surface area contributed by atoms with Gasteiger partial charge in [-0.2, -0.15) is 0 Å². The Kier molecular flexibility index (Phi) is 6.13. The van der Waals surface area contributed by atoms with E-state index in [0.717, 1.165) is 38.5 Å². The molecule has 0 spiro atoms. The van der Waals surface area contributed by atoms with E-state index in [9.17, 15) is 4.79 Å². The van der Waals surface area contributed by atoms with E-state index >= 15 is 0 Å². The number of aromatic nitrogens is 1. The van der Waals surface area contributed by atoms with E-state index in [4.69, 9.17) is 9.47 Å². The van der Waals surface area contributed by atoms with Crippen LogP contribution >= 0.6 is 0 Å². The summed E-state index contributed by atoms with van der Waals surface area (Å²) in [6.07, 6.45) is 1.69.